The highest BCUT2D eigenvalue weighted by molar-refractivity contribution is 7.98. The van der Waals surface area contributed by atoms with Gasteiger partial charge in [-0.15, -0.1) is 11.3 Å². The Morgan fingerprint density at radius 3 is 2.68 bits per heavy atom. The lowest BCUT2D eigenvalue weighted by molar-refractivity contribution is 0.415. The van der Waals surface area contributed by atoms with Gasteiger partial charge in [0.05, 0.1) is 4.90 Å². The van der Waals surface area contributed by atoms with E-state index in [2.05, 4.69) is 5.32 Å². The first-order chi connectivity index (χ1) is 8.84. The van der Waals surface area contributed by atoms with Crippen molar-refractivity contribution in [2.75, 3.05) is 26.1 Å². The summed E-state index contributed by atoms with van der Waals surface area (Å²) in [6, 6.07) is 1.78. The summed E-state index contributed by atoms with van der Waals surface area (Å²) >= 11 is 3.19. The second kappa shape index (κ2) is 7.08. The van der Waals surface area contributed by atoms with E-state index < -0.39 is 10.0 Å². The molecule has 0 aromatic carbocycles. The molecular weight excluding hydrogens is 300 g/mol. The molecule has 1 heterocycles. The number of rotatable bonds is 7. The molecular formula is C12H22N2O2S3. The van der Waals surface area contributed by atoms with E-state index in [-0.39, 0.29) is 6.04 Å². The largest absolute Gasteiger partial charge is 0.315 e. The van der Waals surface area contributed by atoms with Crippen molar-refractivity contribution in [2.24, 2.45) is 0 Å². The molecule has 110 valence electrons. The number of thioether (sulfide) groups is 1. The molecule has 0 fully saturated rings. The van der Waals surface area contributed by atoms with E-state index in [1.54, 1.807) is 24.9 Å². The molecule has 0 aliphatic carbocycles. The highest BCUT2D eigenvalue weighted by Crippen LogP contribution is 2.28. The van der Waals surface area contributed by atoms with Crippen LogP contribution in [0.25, 0.3) is 0 Å². The van der Waals surface area contributed by atoms with Crippen LogP contribution in [-0.4, -0.2) is 44.9 Å². The number of hydrogen-bond acceptors (Lipinski definition) is 5. The molecule has 1 atom stereocenters. The molecule has 0 radical (unpaired) electrons. The zero-order chi connectivity index (χ0) is 14.6. The van der Waals surface area contributed by atoms with Gasteiger partial charge in [-0.1, -0.05) is 0 Å². The minimum absolute atomic E-state index is 0.00736. The Labute approximate surface area is 124 Å². The van der Waals surface area contributed by atoms with Crippen LogP contribution in [0.3, 0.4) is 0 Å². The molecule has 0 aliphatic rings. The van der Waals surface area contributed by atoms with E-state index in [0.29, 0.717) is 11.4 Å². The van der Waals surface area contributed by atoms with Gasteiger partial charge < -0.3 is 5.32 Å². The minimum atomic E-state index is -3.39. The first kappa shape index (κ1) is 17.0. The van der Waals surface area contributed by atoms with Crippen LogP contribution >= 0.6 is 23.1 Å². The van der Waals surface area contributed by atoms with Gasteiger partial charge in [0.2, 0.25) is 10.0 Å². The zero-order valence-electron chi connectivity index (χ0n) is 12.1. The third kappa shape index (κ3) is 3.95. The SMILES string of the molecule is CNCc1cc(S(=O)(=O)N(C)C(C)CSC)c(C)s1. The Bertz CT molecular complexity index is 511. The van der Waals surface area contributed by atoms with Crippen LogP contribution in [0.2, 0.25) is 0 Å². The predicted molar refractivity (Wildman–Crippen MR) is 84.6 cm³/mol. The molecule has 0 aliphatic heterocycles. The van der Waals surface area contributed by atoms with Crippen molar-refractivity contribution in [2.45, 2.75) is 31.3 Å². The van der Waals surface area contributed by atoms with E-state index in [0.717, 1.165) is 15.5 Å². The van der Waals surface area contributed by atoms with Gasteiger partial charge in [-0.3, -0.25) is 0 Å². The van der Waals surface area contributed by atoms with Crippen molar-refractivity contribution in [1.82, 2.24) is 9.62 Å². The number of nitrogens with zero attached hydrogens (tertiary/aromatic N) is 1. The van der Waals surface area contributed by atoms with Gasteiger partial charge >= 0.3 is 0 Å². The summed E-state index contributed by atoms with van der Waals surface area (Å²) in [5.41, 5.74) is 0. The molecule has 0 spiro atoms. The molecule has 0 saturated carbocycles. The van der Waals surface area contributed by atoms with Crippen LogP contribution in [0.5, 0.6) is 0 Å². The number of nitrogens with one attached hydrogen (secondary N) is 1. The van der Waals surface area contributed by atoms with Crippen LogP contribution in [-0.2, 0) is 16.6 Å². The maximum atomic E-state index is 12.6. The molecule has 19 heavy (non-hydrogen) atoms. The topological polar surface area (TPSA) is 49.4 Å². The second-order valence-corrected chi connectivity index (χ2v) is 8.71. The first-order valence-corrected chi connectivity index (χ1v) is 9.70. The van der Waals surface area contributed by atoms with Crippen molar-refractivity contribution in [3.63, 3.8) is 0 Å². The molecule has 1 aromatic heterocycles. The average Bonchev–Trinajstić information content (AvgIpc) is 2.70. The second-order valence-electron chi connectivity index (χ2n) is 4.49. The first-order valence-electron chi connectivity index (χ1n) is 6.05. The number of hydrogen-bond donors (Lipinski definition) is 1. The summed E-state index contributed by atoms with van der Waals surface area (Å²) in [6.07, 6.45) is 1.98. The lowest BCUT2D eigenvalue weighted by Crippen LogP contribution is -2.36. The van der Waals surface area contributed by atoms with Gasteiger partial charge in [-0.2, -0.15) is 16.1 Å². The molecule has 0 bridgehead atoms. The van der Waals surface area contributed by atoms with Crippen LogP contribution < -0.4 is 5.32 Å². The molecule has 1 aromatic rings. The van der Waals surface area contributed by atoms with Crippen molar-refractivity contribution in [1.29, 1.82) is 0 Å². The number of thiophene rings is 1. The highest BCUT2D eigenvalue weighted by Gasteiger charge is 2.28. The van der Waals surface area contributed by atoms with Crippen molar-refractivity contribution < 1.29 is 8.42 Å². The van der Waals surface area contributed by atoms with Crippen molar-refractivity contribution in [3.8, 4) is 0 Å². The molecule has 1 N–H and O–H groups in total. The molecule has 0 amide bonds. The van der Waals surface area contributed by atoms with E-state index in [1.807, 2.05) is 27.2 Å². The van der Waals surface area contributed by atoms with Gasteiger partial charge in [0.1, 0.15) is 0 Å². The normalized spacial score (nSPS) is 14.0. The fourth-order valence-corrected chi connectivity index (χ4v) is 5.55. The summed E-state index contributed by atoms with van der Waals surface area (Å²) in [6.45, 7) is 4.50. The van der Waals surface area contributed by atoms with Crippen LogP contribution in [0.15, 0.2) is 11.0 Å². The molecule has 1 unspecified atom stereocenters. The number of sulfonamides is 1. The fraction of sp³-hybridized carbons (Fsp3) is 0.667. The standard InChI is InChI=1S/C12H22N2O2S3/c1-9(8-17-5)14(4)19(15,16)12-6-11(7-13-3)18-10(12)2/h6,9,13H,7-8H2,1-5H3. The molecule has 0 saturated heterocycles. The Hall–Kier alpha value is -0.0800. The van der Waals surface area contributed by atoms with Crippen LogP contribution in [0.4, 0.5) is 0 Å². The molecule has 7 heteroatoms. The summed E-state index contributed by atoms with van der Waals surface area (Å²) in [4.78, 5) is 2.34. The predicted octanol–water partition coefficient (Wildman–Crippen LogP) is 2.15. The van der Waals surface area contributed by atoms with Gasteiger partial charge in [-0.05, 0) is 33.2 Å². The minimum Gasteiger partial charge on any atom is -0.315 e. The van der Waals surface area contributed by atoms with Crippen molar-refractivity contribution >= 4 is 33.1 Å². The Kier molecular flexibility index (Phi) is 6.32. The van der Waals surface area contributed by atoms with Gasteiger partial charge in [0.25, 0.3) is 0 Å². The lowest BCUT2D eigenvalue weighted by atomic mass is 10.4. The third-order valence-electron chi connectivity index (χ3n) is 2.96. The lowest BCUT2D eigenvalue weighted by Gasteiger charge is -2.23. The van der Waals surface area contributed by atoms with E-state index in [4.69, 9.17) is 0 Å². The molecule has 1 rings (SSSR count). The average molecular weight is 323 g/mol. The summed E-state index contributed by atoms with van der Waals surface area (Å²) in [7, 11) is 0.129. The Balaban J connectivity index is 3.05. The monoisotopic (exact) mass is 322 g/mol. The summed E-state index contributed by atoms with van der Waals surface area (Å²) in [5, 5.41) is 3.05. The van der Waals surface area contributed by atoms with Gasteiger partial charge in [0, 0.05) is 35.1 Å². The zero-order valence-corrected chi connectivity index (χ0v) is 14.5. The van der Waals surface area contributed by atoms with E-state index in [9.17, 15) is 8.42 Å². The quantitative estimate of drug-likeness (QED) is 0.836. The van der Waals surface area contributed by atoms with Crippen LogP contribution in [0.1, 0.15) is 16.7 Å². The summed E-state index contributed by atoms with van der Waals surface area (Å²) in [5.74, 6) is 0.794. The highest BCUT2D eigenvalue weighted by atomic mass is 32.2. The Morgan fingerprint density at radius 1 is 1.53 bits per heavy atom. The smallest absolute Gasteiger partial charge is 0.244 e. The molecule has 4 nitrogen and oxygen atoms in total. The summed E-state index contributed by atoms with van der Waals surface area (Å²) < 4.78 is 26.7. The van der Waals surface area contributed by atoms with Gasteiger partial charge in [-0.25, -0.2) is 8.42 Å². The van der Waals surface area contributed by atoms with E-state index >= 15 is 0 Å². The van der Waals surface area contributed by atoms with E-state index in [1.165, 1.54) is 15.6 Å². The Morgan fingerprint density at radius 2 is 2.16 bits per heavy atom. The van der Waals surface area contributed by atoms with Crippen molar-refractivity contribution in [3.05, 3.63) is 15.8 Å². The van der Waals surface area contributed by atoms with Crippen LogP contribution in [0, 0.1) is 6.92 Å². The maximum Gasteiger partial charge on any atom is 0.244 e. The number of aryl methyl sites for hydroxylation is 1. The maximum absolute atomic E-state index is 12.6. The third-order valence-corrected chi connectivity index (χ3v) is 7.05. The fourth-order valence-electron chi connectivity index (χ4n) is 1.78. The van der Waals surface area contributed by atoms with Gasteiger partial charge in [0.15, 0.2) is 0 Å².